The summed E-state index contributed by atoms with van der Waals surface area (Å²) in [5.74, 6) is -1.66. The third kappa shape index (κ3) is 12.1. The number of hydrogen-bond donors (Lipinski definition) is 3. The van der Waals surface area contributed by atoms with E-state index in [0.29, 0.717) is 5.75 Å². The van der Waals surface area contributed by atoms with Crippen molar-refractivity contribution < 1.29 is 38.6 Å². The summed E-state index contributed by atoms with van der Waals surface area (Å²) in [6, 6.07) is 0. The number of carbonyl (C=O) groups is 5. The number of amides is 2. The Morgan fingerprint density at radius 3 is 2.24 bits per heavy atom. The molecule has 0 aromatic carbocycles. The molecule has 11 heteroatoms. The third-order valence-electron chi connectivity index (χ3n) is 3.74. The average molecular weight is 435 g/mol. The van der Waals surface area contributed by atoms with Crippen LogP contribution < -0.4 is 10.6 Å². The van der Waals surface area contributed by atoms with Crippen molar-refractivity contribution in [2.24, 2.45) is 5.41 Å². The molecule has 0 radical (unpaired) electrons. The average Bonchev–Trinajstić information content (AvgIpc) is 2.67. The highest BCUT2D eigenvalue weighted by molar-refractivity contribution is 8.13. The fraction of sp³-hybridized carbons (Fsp3) is 0.722. The molecule has 0 saturated heterocycles. The van der Waals surface area contributed by atoms with E-state index >= 15 is 0 Å². The Morgan fingerprint density at radius 1 is 1.03 bits per heavy atom. The van der Waals surface area contributed by atoms with Gasteiger partial charge in [-0.1, -0.05) is 25.6 Å². The minimum Gasteiger partial charge on any atom is -0.469 e. The number of rotatable bonds is 13. The molecule has 0 aliphatic heterocycles. The van der Waals surface area contributed by atoms with Crippen LogP contribution in [0.3, 0.4) is 0 Å². The summed E-state index contributed by atoms with van der Waals surface area (Å²) in [7, 11) is 1.25. The fourth-order valence-corrected chi connectivity index (χ4v) is 2.71. The van der Waals surface area contributed by atoms with Gasteiger partial charge >= 0.3 is 11.9 Å². The van der Waals surface area contributed by atoms with Crippen LogP contribution in [0.1, 0.15) is 40.0 Å². The van der Waals surface area contributed by atoms with Crippen molar-refractivity contribution in [1.82, 2.24) is 10.6 Å². The van der Waals surface area contributed by atoms with Crippen molar-refractivity contribution in [1.29, 1.82) is 0 Å². The number of methoxy groups -OCH3 is 1. The molecule has 0 heterocycles. The molecule has 0 saturated carbocycles. The monoisotopic (exact) mass is 434 g/mol. The zero-order valence-electron chi connectivity index (χ0n) is 17.2. The largest absolute Gasteiger partial charge is 0.469 e. The van der Waals surface area contributed by atoms with E-state index in [0.717, 1.165) is 11.8 Å². The van der Waals surface area contributed by atoms with E-state index in [4.69, 9.17) is 4.74 Å². The van der Waals surface area contributed by atoms with Gasteiger partial charge in [-0.15, -0.1) is 0 Å². The van der Waals surface area contributed by atoms with Crippen molar-refractivity contribution in [3.05, 3.63) is 0 Å². The number of ether oxygens (including phenoxy) is 2. The van der Waals surface area contributed by atoms with Crippen molar-refractivity contribution in [3.63, 3.8) is 0 Å². The van der Waals surface area contributed by atoms with Gasteiger partial charge in [0.05, 0.1) is 20.1 Å². The summed E-state index contributed by atoms with van der Waals surface area (Å²) < 4.78 is 9.44. The zero-order valence-corrected chi connectivity index (χ0v) is 18.1. The Labute approximate surface area is 174 Å². The van der Waals surface area contributed by atoms with E-state index in [1.54, 1.807) is 13.8 Å². The van der Waals surface area contributed by atoms with Crippen LogP contribution in [0.5, 0.6) is 0 Å². The molecular formula is C18H30N2O8S. The molecule has 0 aromatic heterocycles. The van der Waals surface area contributed by atoms with E-state index in [2.05, 4.69) is 15.4 Å². The normalized spacial score (nSPS) is 11.9. The molecular weight excluding hydrogens is 404 g/mol. The number of hydrogen-bond acceptors (Lipinski definition) is 9. The lowest BCUT2D eigenvalue weighted by Crippen LogP contribution is -2.48. The van der Waals surface area contributed by atoms with Crippen molar-refractivity contribution in [2.75, 3.05) is 32.6 Å². The lowest BCUT2D eigenvalue weighted by molar-refractivity contribution is -0.163. The topological polar surface area (TPSA) is 148 Å². The lowest BCUT2D eigenvalue weighted by atomic mass is 9.86. The van der Waals surface area contributed by atoms with Gasteiger partial charge in [0, 0.05) is 44.0 Å². The first-order valence-electron chi connectivity index (χ1n) is 9.08. The maximum absolute atomic E-state index is 12.2. The first-order valence-corrected chi connectivity index (χ1v) is 10.1. The van der Waals surface area contributed by atoms with Crippen LogP contribution in [0.15, 0.2) is 0 Å². The van der Waals surface area contributed by atoms with Crippen molar-refractivity contribution in [2.45, 2.75) is 46.1 Å². The maximum atomic E-state index is 12.2. The molecule has 0 bridgehead atoms. The van der Waals surface area contributed by atoms with E-state index < -0.39 is 29.4 Å². The minimum absolute atomic E-state index is 0.000954. The molecule has 2 amide bonds. The quantitative estimate of drug-likeness (QED) is 0.264. The van der Waals surface area contributed by atoms with Crippen LogP contribution in [0, 0.1) is 5.41 Å². The van der Waals surface area contributed by atoms with Crippen LogP contribution in [0.4, 0.5) is 0 Å². The highest BCUT2D eigenvalue weighted by Crippen LogP contribution is 2.23. The van der Waals surface area contributed by atoms with E-state index in [1.807, 2.05) is 0 Å². The number of aliphatic hydroxyl groups excluding tert-OH is 1. The van der Waals surface area contributed by atoms with Gasteiger partial charge in [0.1, 0.15) is 0 Å². The predicted molar refractivity (Wildman–Crippen MR) is 106 cm³/mol. The Bertz CT molecular complexity index is 594. The first kappa shape index (κ1) is 26.9. The molecule has 0 aliphatic rings. The summed E-state index contributed by atoms with van der Waals surface area (Å²) in [4.78, 5) is 57.7. The molecule has 1 atom stereocenters. The van der Waals surface area contributed by atoms with Gasteiger partial charge in [0.25, 0.3) is 5.91 Å². The summed E-state index contributed by atoms with van der Waals surface area (Å²) in [5.41, 5.74) is -0.977. The summed E-state index contributed by atoms with van der Waals surface area (Å²) in [6.45, 7) is 4.24. The highest BCUT2D eigenvalue weighted by atomic mass is 32.2. The summed E-state index contributed by atoms with van der Waals surface area (Å²) >= 11 is 1.01. The first-order chi connectivity index (χ1) is 13.5. The molecule has 0 rings (SSSR count). The molecule has 0 unspecified atom stereocenters. The highest BCUT2D eigenvalue weighted by Gasteiger charge is 2.37. The number of esters is 2. The molecule has 0 spiro atoms. The van der Waals surface area contributed by atoms with Crippen LogP contribution in [-0.2, 0) is 33.4 Å². The van der Waals surface area contributed by atoms with Crippen LogP contribution in [0.25, 0.3) is 0 Å². The van der Waals surface area contributed by atoms with Gasteiger partial charge in [-0.2, -0.15) is 0 Å². The van der Waals surface area contributed by atoms with Crippen LogP contribution in [-0.4, -0.2) is 72.6 Å². The number of aliphatic hydroxyl groups is 1. The smallest absolute Gasteiger partial charge is 0.305 e. The van der Waals surface area contributed by atoms with Crippen LogP contribution >= 0.6 is 11.8 Å². The number of nitrogens with one attached hydrogen (secondary N) is 2. The molecule has 166 valence electrons. The summed E-state index contributed by atoms with van der Waals surface area (Å²) in [6.07, 6.45) is -1.08. The van der Waals surface area contributed by atoms with E-state index in [-0.39, 0.29) is 50.0 Å². The van der Waals surface area contributed by atoms with Crippen molar-refractivity contribution >= 4 is 40.6 Å². The molecule has 10 nitrogen and oxygen atoms in total. The molecule has 0 aromatic rings. The van der Waals surface area contributed by atoms with Gasteiger partial charge in [0.2, 0.25) is 5.91 Å². The number of carbonyl (C=O) groups excluding carboxylic acids is 5. The zero-order chi connectivity index (χ0) is 22.4. The summed E-state index contributed by atoms with van der Waals surface area (Å²) in [5, 5.41) is 14.3. The molecule has 29 heavy (non-hydrogen) atoms. The maximum Gasteiger partial charge on any atom is 0.305 e. The Kier molecular flexibility index (Phi) is 12.9. The van der Waals surface area contributed by atoms with Crippen LogP contribution in [0.2, 0.25) is 0 Å². The molecule has 3 N–H and O–H groups in total. The third-order valence-corrected chi connectivity index (χ3v) is 4.67. The second-order valence-electron chi connectivity index (χ2n) is 6.82. The van der Waals surface area contributed by atoms with Gasteiger partial charge < -0.3 is 25.2 Å². The molecule has 0 fully saturated rings. The van der Waals surface area contributed by atoms with E-state index in [9.17, 15) is 29.1 Å². The Hall–Kier alpha value is -2.14. The second-order valence-corrected chi connectivity index (χ2v) is 7.98. The van der Waals surface area contributed by atoms with Gasteiger partial charge in [0.15, 0.2) is 11.2 Å². The Morgan fingerprint density at radius 2 is 1.69 bits per heavy atom. The van der Waals surface area contributed by atoms with Gasteiger partial charge in [-0.05, 0) is 0 Å². The van der Waals surface area contributed by atoms with Crippen molar-refractivity contribution in [3.8, 4) is 0 Å². The predicted octanol–water partition coefficient (Wildman–Crippen LogP) is -0.228. The van der Waals surface area contributed by atoms with Gasteiger partial charge in [-0.25, -0.2) is 0 Å². The van der Waals surface area contributed by atoms with Gasteiger partial charge in [-0.3, -0.25) is 24.0 Å². The fourth-order valence-electron chi connectivity index (χ4n) is 2.03. The standard InChI is InChI=1S/C18H30N2O8S/c1-12(22)28-16(18(2,3)11-21)17(26)20-8-7-13(23)19-9-10-29-15(25)6-5-14(24)27-4/h16,21H,5-11H2,1-4H3,(H,19,23)(H,20,26)/t16-/m0/s1. The second kappa shape index (κ2) is 13.9. The minimum atomic E-state index is -1.18. The Balaban J connectivity index is 4.13. The van der Waals surface area contributed by atoms with E-state index in [1.165, 1.54) is 14.0 Å². The molecule has 0 aliphatic carbocycles. The SMILES string of the molecule is COC(=O)CCC(=O)SCCNC(=O)CCNC(=O)[C@H](OC(C)=O)C(C)(C)CO. The lowest BCUT2D eigenvalue weighted by Gasteiger charge is -2.30. The number of thioether (sulfide) groups is 1.